The number of rotatable bonds is 2. The number of hydrogen-bond donors (Lipinski definition) is 2. The van der Waals surface area contributed by atoms with E-state index in [1.54, 1.807) is 0 Å². The predicted molar refractivity (Wildman–Crippen MR) is 29.0 cm³/mol. The third kappa shape index (κ3) is 3.28. The lowest BCUT2D eigenvalue weighted by molar-refractivity contribution is -0.135. The molecule has 0 heterocycles. The summed E-state index contributed by atoms with van der Waals surface area (Å²) >= 11 is 0. The molecule has 4 nitrogen and oxygen atoms in total. The van der Waals surface area contributed by atoms with Crippen molar-refractivity contribution >= 4 is 11.9 Å². The van der Waals surface area contributed by atoms with Crippen LogP contribution in [0.25, 0.3) is 0 Å². The quantitative estimate of drug-likeness (QED) is 0.524. The van der Waals surface area contributed by atoms with Crippen LogP contribution in [0.1, 0.15) is 11.0 Å². The molecule has 0 aromatic rings. The van der Waals surface area contributed by atoms with Crippen LogP contribution in [0.4, 0.5) is 0 Å². The van der Waals surface area contributed by atoms with Gasteiger partial charge >= 0.3 is 11.9 Å². The second kappa shape index (κ2) is 2.86. The minimum atomic E-state index is -2.90. The Morgan fingerprint density at radius 2 is 2.11 bits per heavy atom. The molecule has 0 aromatic heterocycles. The van der Waals surface area contributed by atoms with Crippen LogP contribution in [-0.4, -0.2) is 22.2 Å². The molecule has 0 aliphatic heterocycles. The van der Waals surface area contributed by atoms with Gasteiger partial charge in [-0.1, -0.05) is 0 Å². The molecule has 0 fully saturated rings. The maximum atomic E-state index is 10.2. The van der Waals surface area contributed by atoms with Crippen molar-refractivity contribution in [1.29, 1.82) is 0 Å². The Hall–Kier alpha value is -1.32. The van der Waals surface area contributed by atoms with E-state index in [9.17, 15) is 9.59 Å². The summed E-state index contributed by atoms with van der Waals surface area (Å²) in [5.74, 6) is -3.35. The van der Waals surface area contributed by atoms with Crippen LogP contribution in [0.5, 0.6) is 0 Å². The largest absolute Gasteiger partial charge is 0.478 e. The molecule has 0 aromatic carbocycles. The highest BCUT2D eigenvalue weighted by molar-refractivity contribution is 5.93. The van der Waals surface area contributed by atoms with Gasteiger partial charge in [-0.3, -0.25) is 0 Å². The first-order chi connectivity index (χ1) is 5.25. The van der Waals surface area contributed by atoms with Crippen molar-refractivity contribution in [2.45, 2.75) is 6.85 Å². The fourth-order valence-corrected chi connectivity index (χ4v) is 0.185. The van der Waals surface area contributed by atoms with Gasteiger partial charge in [0, 0.05) is 15.8 Å². The van der Waals surface area contributed by atoms with Crippen molar-refractivity contribution in [3.05, 3.63) is 11.6 Å². The van der Waals surface area contributed by atoms with Gasteiger partial charge in [-0.05, 0) is 6.85 Å². The molecule has 0 aliphatic carbocycles. The van der Waals surface area contributed by atoms with Crippen LogP contribution in [0.2, 0.25) is 0 Å². The molecule has 50 valence electrons. The molecule has 0 aliphatic rings. The monoisotopic (exact) mass is 133 g/mol. The maximum absolute atomic E-state index is 10.2. The van der Waals surface area contributed by atoms with Crippen LogP contribution in [0.3, 0.4) is 0 Å². The lowest BCUT2D eigenvalue weighted by Gasteiger charge is -1.86. The first-order valence-electron chi connectivity index (χ1n) is 3.43. The summed E-state index contributed by atoms with van der Waals surface area (Å²) in [4.78, 5) is 20.2. The zero-order chi connectivity index (χ0) is 9.94. The SMILES string of the molecule is [2H]C([2H])([2H])/C(=C\C(=O)O)C(=O)O. The fraction of sp³-hybridized carbons (Fsp3) is 0.200. The minimum Gasteiger partial charge on any atom is -0.478 e. The average Bonchev–Trinajstić information content (AvgIpc) is 1.79. The summed E-state index contributed by atoms with van der Waals surface area (Å²) in [5, 5.41) is 16.4. The van der Waals surface area contributed by atoms with Gasteiger partial charge in [0.25, 0.3) is 0 Å². The van der Waals surface area contributed by atoms with E-state index in [-0.39, 0.29) is 6.08 Å². The van der Waals surface area contributed by atoms with E-state index in [4.69, 9.17) is 14.3 Å². The molecule has 0 rings (SSSR count). The zero-order valence-electron chi connectivity index (χ0n) is 7.29. The van der Waals surface area contributed by atoms with E-state index in [2.05, 4.69) is 0 Å². The number of aliphatic carboxylic acids is 2. The van der Waals surface area contributed by atoms with Gasteiger partial charge in [0.05, 0.1) is 0 Å². The highest BCUT2D eigenvalue weighted by Crippen LogP contribution is 1.89. The molecule has 9 heavy (non-hydrogen) atoms. The first-order valence-corrected chi connectivity index (χ1v) is 1.93. The van der Waals surface area contributed by atoms with Gasteiger partial charge in [-0.25, -0.2) is 9.59 Å². The predicted octanol–water partition coefficient (Wildman–Crippen LogP) is 0.102. The number of hydrogen-bond acceptors (Lipinski definition) is 2. The Labute approximate surface area is 55.6 Å². The van der Waals surface area contributed by atoms with E-state index >= 15 is 0 Å². The lowest BCUT2D eigenvalue weighted by Crippen LogP contribution is -1.99. The Morgan fingerprint density at radius 3 is 2.22 bits per heavy atom. The molecule has 0 radical (unpaired) electrons. The van der Waals surface area contributed by atoms with E-state index in [0.29, 0.717) is 0 Å². The normalized spacial score (nSPS) is 17.3. The number of carboxylic acids is 2. The Bertz CT molecular complexity index is 240. The Morgan fingerprint density at radius 1 is 1.56 bits per heavy atom. The fourth-order valence-electron chi connectivity index (χ4n) is 0.185. The van der Waals surface area contributed by atoms with Crippen LogP contribution in [0.15, 0.2) is 11.6 Å². The Kier molecular flexibility index (Phi) is 1.16. The second-order valence-corrected chi connectivity index (χ2v) is 1.20. The summed E-state index contributed by atoms with van der Waals surface area (Å²) in [6.07, 6.45) is 0.162. The molecule has 0 atom stereocenters. The lowest BCUT2D eigenvalue weighted by atomic mass is 10.3. The van der Waals surface area contributed by atoms with Crippen molar-refractivity contribution in [2.75, 3.05) is 0 Å². The summed E-state index contributed by atoms with van der Waals surface area (Å²) < 4.78 is 19.9. The summed E-state index contributed by atoms with van der Waals surface area (Å²) in [7, 11) is 0. The van der Waals surface area contributed by atoms with E-state index in [0.717, 1.165) is 0 Å². The molecule has 0 spiro atoms. The molecule has 0 saturated carbocycles. The highest BCUT2D eigenvalue weighted by Gasteiger charge is 2.00. The van der Waals surface area contributed by atoms with Gasteiger partial charge in [0.2, 0.25) is 0 Å². The highest BCUT2D eigenvalue weighted by atomic mass is 16.4. The van der Waals surface area contributed by atoms with Crippen molar-refractivity contribution in [3.63, 3.8) is 0 Å². The van der Waals surface area contributed by atoms with Crippen molar-refractivity contribution in [3.8, 4) is 0 Å². The minimum absolute atomic E-state index is 0.162. The summed E-state index contributed by atoms with van der Waals surface area (Å²) in [6, 6.07) is 0. The topological polar surface area (TPSA) is 74.6 Å². The molecule has 2 N–H and O–H groups in total. The first kappa shape index (κ1) is 3.66. The third-order valence-electron chi connectivity index (χ3n) is 0.498. The Balaban J connectivity index is 4.94. The van der Waals surface area contributed by atoms with Crippen molar-refractivity contribution in [1.82, 2.24) is 0 Å². The number of carbonyl (C=O) groups is 2. The van der Waals surface area contributed by atoms with Gasteiger partial charge in [0.1, 0.15) is 0 Å². The van der Waals surface area contributed by atoms with Crippen LogP contribution in [-0.2, 0) is 9.59 Å². The van der Waals surface area contributed by atoms with Crippen LogP contribution < -0.4 is 0 Å². The molecule has 0 amide bonds. The molecule has 0 bridgehead atoms. The molecule has 0 saturated heterocycles. The van der Waals surface area contributed by atoms with Crippen LogP contribution in [0, 0.1) is 0 Å². The van der Waals surface area contributed by atoms with Gasteiger partial charge in [0.15, 0.2) is 0 Å². The average molecular weight is 133 g/mol. The van der Waals surface area contributed by atoms with Crippen molar-refractivity contribution < 1.29 is 23.9 Å². The maximum Gasteiger partial charge on any atom is 0.331 e. The summed E-state index contributed by atoms with van der Waals surface area (Å²) in [6.45, 7) is -2.90. The van der Waals surface area contributed by atoms with Crippen LogP contribution >= 0.6 is 0 Å². The number of carboxylic acid groups (broad SMARTS) is 2. The standard InChI is InChI=1S/C5H6O4/c1-3(5(8)9)2-4(6)7/h2H,1H3,(H,6,7)(H,8,9)/b3-2+/i1D3. The summed E-state index contributed by atoms with van der Waals surface area (Å²) in [5.41, 5.74) is -1.10. The molecule has 4 heteroatoms. The van der Waals surface area contributed by atoms with Gasteiger partial charge in [-0.2, -0.15) is 0 Å². The van der Waals surface area contributed by atoms with Gasteiger partial charge < -0.3 is 10.2 Å². The second-order valence-electron chi connectivity index (χ2n) is 1.20. The molecule has 0 unspecified atom stereocenters. The van der Waals surface area contributed by atoms with E-state index < -0.39 is 24.4 Å². The van der Waals surface area contributed by atoms with Crippen molar-refractivity contribution in [2.24, 2.45) is 0 Å². The third-order valence-corrected chi connectivity index (χ3v) is 0.498. The molecular weight excluding hydrogens is 124 g/mol. The zero-order valence-corrected chi connectivity index (χ0v) is 4.29. The van der Waals surface area contributed by atoms with E-state index in [1.165, 1.54) is 0 Å². The molecular formula is C5H6O4. The van der Waals surface area contributed by atoms with Gasteiger partial charge in [-0.15, -0.1) is 0 Å². The smallest absolute Gasteiger partial charge is 0.331 e. The van der Waals surface area contributed by atoms with E-state index in [1.807, 2.05) is 0 Å².